The highest BCUT2D eigenvalue weighted by Crippen LogP contribution is 2.13. The number of nitrogens with zero attached hydrogens (tertiary/aromatic N) is 3. The van der Waals surface area contributed by atoms with Gasteiger partial charge in [0.1, 0.15) is 0 Å². The van der Waals surface area contributed by atoms with Crippen molar-refractivity contribution in [3.8, 4) is 0 Å². The average Bonchev–Trinajstić information content (AvgIpc) is 3.13. The smallest absolute Gasteiger partial charge is 0.344 e. The molecular formula is C20H25N5O3. The highest BCUT2D eigenvalue weighted by molar-refractivity contribution is 6.39. The van der Waals surface area contributed by atoms with Crippen LogP contribution in [0.5, 0.6) is 0 Å². The van der Waals surface area contributed by atoms with Gasteiger partial charge >= 0.3 is 17.5 Å². The van der Waals surface area contributed by atoms with Crippen LogP contribution in [-0.2, 0) is 16.1 Å². The molecule has 1 atom stereocenters. The number of hydrogen-bond acceptors (Lipinski definition) is 5. The van der Waals surface area contributed by atoms with Crippen molar-refractivity contribution in [2.45, 2.75) is 38.9 Å². The van der Waals surface area contributed by atoms with Gasteiger partial charge in [-0.2, -0.15) is 0 Å². The lowest BCUT2D eigenvalue weighted by Crippen LogP contribution is -2.43. The molecule has 1 aliphatic rings. The van der Waals surface area contributed by atoms with Crippen LogP contribution in [0.3, 0.4) is 0 Å². The van der Waals surface area contributed by atoms with Crippen LogP contribution in [-0.4, -0.2) is 51.4 Å². The van der Waals surface area contributed by atoms with Gasteiger partial charge in [0.05, 0.1) is 6.54 Å². The van der Waals surface area contributed by atoms with Crippen LogP contribution in [0, 0.1) is 0 Å². The quantitative estimate of drug-likeness (QED) is 0.746. The molecule has 1 saturated heterocycles. The van der Waals surface area contributed by atoms with E-state index in [1.807, 2.05) is 6.07 Å². The summed E-state index contributed by atoms with van der Waals surface area (Å²) in [6.45, 7) is 6.23. The van der Waals surface area contributed by atoms with E-state index < -0.39 is 11.8 Å². The molecule has 0 saturated carbocycles. The summed E-state index contributed by atoms with van der Waals surface area (Å²) in [5, 5.41) is 5.42. The lowest BCUT2D eigenvalue weighted by atomic mass is 10.2. The Bertz CT molecular complexity index is 908. The predicted octanol–water partition coefficient (Wildman–Crippen LogP) is 0.829. The number of nitrogens with one attached hydrogen (secondary N) is 2. The molecule has 1 unspecified atom stereocenters. The second-order valence-electron chi connectivity index (χ2n) is 7.23. The van der Waals surface area contributed by atoms with Gasteiger partial charge in [0.2, 0.25) is 0 Å². The lowest BCUT2D eigenvalue weighted by Gasteiger charge is -2.20. The van der Waals surface area contributed by atoms with Crippen LogP contribution in [0.4, 0.5) is 5.69 Å². The molecule has 1 aliphatic heterocycles. The highest BCUT2D eigenvalue weighted by atomic mass is 16.2. The number of rotatable bonds is 5. The molecule has 2 aromatic rings. The third-order valence-corrected chi connectivity index (χ3v) is 4.81. The molecule has 2 amide bonds. The summed E-state index contributed by atoms with van der Waals surface area (Å²) in [5.41, 5.74) is 0.977. The molecule has 1 fully saturated rings. The molecule has 2 heterocycles. The van der Waals surface area contributed by atoms with Crippen LogP contribution < -0.4 is 16.3 Å². The topological polar surface area (TPSA) is 96.3 Å². The SMILES string of the molecule is CC(C)N1CCC(NC(=O)C(=O)Nc2cccc(Cn3cccnc3=O)c2)C1. The lowest BCUT2D eigenvalue weighted by molar-refractivity contribution is -0.136. The Balaban J connectivity index is 1.57. The van der Waals surface area contributed by atoms with Crippen LogP contribution >= 0.6 is 0 Å². The molecule has 1 aromatic carbocycles. The fourth-order valence-corrected chi connectivity index (χ4v) is 3.26. The van der Waals surface area contributed by atoms with Crippen LogP contribution in [0.2, 0.25) is 0 Å². The first-order valence-electron chi connectivity index (χ1n) is 9.38. The van der Waals surface area contributed by atoms with Gasteiger partial charge in [-0.3, -0.25) is 19.1 Å². The molecular weight excluding hydrogens is 358 g/mol. The average molecular weight is 383 g/mol. The normalized spacial score (nSPS) is 16.9. The zero-order chi connectivity index (χ0) is 20.1. The Kier molecular flexibility index (Phi) is 6.20. The Morgan fingerprint density at radius 2 is 2.07 bits per heavy atom. The second-order valence-corrected chi connectivity index (χ2v) is 7.23. The van der Waals surface area contributed by atoms with Gasteiger partial charge in [-0.05, 0) is 44.0 Å². The van der Waals surface area contributed by atoms with Crippen molar-refractivity contribution in [3.63, 3.8) is 0 Å². The van der Waals surface area contributed by atoms with E-state index in [0.717, 1.165) is 25.1 Å². The Morgan fingerprint density at radius 3 is 2.79 bits per heavy atom. The van der Waals surface area contributed by atoms with Crippen molar-refractivity contribution in [1.82, 2.24) is 19.8 Å². The monoisotopic (exact) mass is 383 g/mol. The molecule has 8 nitrogen and oxygen atoms in total. The number of anilines is 1. The Hall–Kier alpha value is -3.00. The van der Waals surface area contributed by atoms with Crippen molar-refractivity contribution < 1.29 is 9.59 Å². The number of hydrogen-bond donors (Lipinski definition) is 2. The summed E-state index contributed by atoms with van der Waals surface area (Å²) < 4.78 is 1.47. The second kappa shape index (κ2) is 8.79. The maximum absolute atomic E-state index is 12.2. The van der Waals surface area contributed by atoms with Gasteiger partial charge in [0.15, 0.2) is 0 Å². The maximum atomic E-state index is 12.2. The van der Waals surface area contributed by atoms with E-state index >= 15 is 0 Å². The van der Waals surface area contributed by atoms with E-state index in [-0.39, 0.29) is 11.7 Å². The summed E-state index contributed by atoms with van der Waals surface area (Å²) in [6, 6.07) is 9.14. The first-order valence-corrected chi connectivity index (χ1v) is 9.38. The number of carbonyl (C=O) groups is 2. The molecule has 0 aliphatic carbocycles. The van der Waals surface area contributed by atoms with E-state index in [4.69, 9.17) is 0 Å². The molecule has 0 spiro atoms. The van der Waals surface area contributed by atoms with E-state index in [1.165, 1.54) is 10.8 Å². The van der Waals surface area contributed by atoms with Crippen molar-refractivity contribution >= 4 is 17.5 Å². The van der Waals surface area contributed by atoms with Gasteiger partial charge in [0, 0.05) is 43.3 Å². The highest BCUT2D eigenvalue weighted by Gasteiger charge is 2.27. The maximum Gasteiger partial charge on any atom is 0.347 e. The number of aromatic nitrogens is 2. The molecule has 0 radical (unpaired) electrons. The van der Waals surface area contributed by atoms with Crippen LogP contribution in [0.15, 0.2) is 47.5 Å². The number of likely N-dealkylation sites (tertiary alicyclic amines) is 1. The summed E-state index contributed by atoms with van der Waals surface area (Å²) in [7, 11) is 0. The minimum atomic E-state index is -0.696. The van der Waals surface area contributed by atoms with Crippen molar-refractivity contribution in [3.05, 3.63) is 58.8 Å². The predicted molar refractivity (Wildman–Crippen MR) is 106 cm³/mol. The molecule has 0 bridgehead atoms. The number of benzene rings is 1. The summed E-state index contributed by atoms with van der Waals surface area (Å²) in [4.78, 5) is 42.2. The van der Waals surface area contributed by atoms with Gasteiger partial charge in [0.25, 0.3) is 0 Å². The van der Waals surface area contributed by atoms with Gasteiger partial charge in [-0.15, -0.1) is 0 Å². The first kappa shape index (κ1) is 19.8. The zero-order valence-electron chi connectivity index (χ0n) is 16.1. The first-order chi connectivity index (χ1) is 13.4. The van der Waals surface area contributed by atoms with E-state index in [0.29, 0.717) is 18.3 Å². The van der Waals surface area contributed by atoms with Gasteiger partial charge < -0.3 is 10.6 Å². The number of amides is 2. The Labute approximate surface area is 163 Å². The fraction of sp³-hybridized carbons (Fsp3) is 0.400. The largest absolute Gasteiger partial charge is 0.347 e. The van der Waals surface area contributed by atoms with Crippen LogP contribution in [0.1, 0.15) is 25.8 Å². The molecule has 3 rings (SSSR count). The third kappa shape index (κ3) is 5.04. The van der Waals surface area contributed by atoms with Crippen molar-refractivity contribution in [2.24, 2.45) is 0 Å². The van der Waals surface area contributed by atoms with Gasteiger partial charge in [-0.1, -0.05) is 12.1 Å². The Morgan fingerprint density at radius 1 is 1.25 bits per heavy atom. The van der Waals surface area contributed by atoms with Gasteiger partial charge in [-0.25, -0.2) is 9.78 Å². The minimum absolute atomic E-state index is 0.00978. The summed E-state index contributed by atoms with van der Waals surface area (Å²) in [6.07, 6.45) is 3.93. The van der Waals surface area contributed by atoms with Crippen LogP contribution in [0.25, 0.3) is 0 Å². The third-order valence-electron chi connectivity index (χ3n) is 4.81. The fourth-order valence-electron chi connectivity index (χ4n) is 3.26. The van der Waals surface area contributed by atoms with E-state index in [9.17, 15) is 14.4 Å². The summed E-state index contributed by atoms with van der Waals surface area (Å²) >= 11 is 0. The van der Waals surface area contributed by atoms with Crippen molar-refractivity contribution in [2.75, 3.05) is 18.4 Å². The van der Waals surface area contributed by atoms with Crippen molar-refractivity contribution in [1.29, 1.82) is 0 Å². The standard InChI is InChI=1S/C20H25N5O3/c1-14(2)24-10-7-17(13-24)23-19(27)18(26)22-16-6-3-5-15(11-16)12-25-9-4-8-21-20(25)28/h3-6,8-9,11,14,17H,7,10,12-13H2,1-2H3,(H,22,26)(H,23,27). The van der Waals surface area contributed by atoms with E-state index in [2.05, 4.69) is 34.4 Å². The molecule has 8 heteroatoms. The molecule has 28 heavy (non-hydrogen) atoms. The molecule has 2 N–H and O–H groups in total. The number of carbonyl (C=O) groups excluding carboxylic acids is 2. The molecule has 1 aromatic heterocycles. The zero-order valence-corrected chi connectivity index (χ0v) is 16.1. The molecule has 148 valence electrons. The van der Waals surface area contributed by atoms with E-state index in [1.54, 1.807) is 30.5 Å². The minimum Gasteiger partial charge on any atom is -0.344 e. The summed E-state index contributed by atoms with van der Waals surface area (Å²) in [5.74, 6) is -1.33.